The molecule has 0 unspecified atom stereocenters. The summed E-state index contributed by atoms with van der Waals surface area (Å²) in [7, 11) is 3.04. The van der Waals surface area contributed by atoms with Crippen molar-refractivity contribution in [2.24, 2.45) is 5.92 Å². The number of hydrogen-bond donors (Lipinski definition) is 1. The van der Waals surface area contributed by atoms with Crippen LogP contribution in [0.2, 0.25) is 5.02 Å². The number of carbonyl (C=O) groups excluding carboxylic acids is 2. The number of methoxy groups -OCH3 is 2. The van der Waals surface area contributed by atoms with Crippen molar-refractivity contribution in [3.05, 3.63) is 17.2 Å². The minimum absolute atomic E-state index is 0.109. The fourth-order valence-corrected chi connectivity index (χ4v) is 4.32. The molecule has 0 bridgehead atoms. The van der Waals surface area contributed by atoms with Gasteiger partial charge < -0.3 is 24.4 Å². The number of anilines is 1. The third kappa shape index (κ3) is 5.58. The van der Waals surface area contributed by atoms with Crippen LogP contribution in [0.1, 0.15) is 44.9 Å². The Morgan fingerprint density at radius 1 is 1.17 bits per heavy atom. The van der Waals surface area contributed by atoms with Gasteiger partial charge in [0.1, 0.15) is 11.5 Å². The van der Waals surface area contributed by atoms with E-state index in [2.05, 4.69) is 5.32 Å². The van der Waals surface area contributed by atoms with E-state index < -0.39 is 5.92 Å². The lowest BCUT2D eigenvalue weighted by Gasteiger charge is -2.22. The van der Waals surface area contributed by atoms with Crippen molar-refractivity contribution in [3.63, 3.8) is 0 Å². The summed E-state index contributed by atoms with van der Waals surface area (Å²) >= 11 is 6.23. The smallest absolute Gasteiger partial charge is 0.227 e. The van der Waals surface area contributed by atoms with Crippen molar-refractivity contribution in [1.29, 1.82) is 0 Å². The van der Waals surface area contributed by atoms with Gasteiger partial charge in [0.05, 0.1) is 37.0 Å². The van der Waals surface area contributed by atoms with Gasteiger partial charge in [-0.2, -0.15) is 0 Å². The van der Waals surface area contributed by atoms with Crippen LogP contribution in [0, 0.1) is 5.92 Å². The first-order chi connectivity index (χ1) is 14.5. The highest BCUT2D eigenvalue weighted by Gasteiger charge is 2.36. The molecule has 166 valence electrons. The zero-order chi connectivity index (χ0) is 21.5. The standard InChI is InChI=1S/C22H31ClN2O5/c1-28-19-13-20(29-2)18(12-17(19)23)25-14-15(11-21(25)26)22(27)24-9-6-10-30-16-7-4-3-5-8-16/h12-13,15-16H,3-11,14H2,1-2H3,(H,24,27)/t15-/m1/s1. The molecule has 2 fully saturated rings. The number of hydrogen-bond acceptors (Lipinski definition) is 5. The normalized spacial score (nSPS) is 19.8. The van der Waals surface area contributed by atoms with Crippen molar-refractivity contribution in [3.8, 4) is 11.5 Å². The largest absolute Gasteiger partial charge is 0.495 e. The molecule has 1 aliphatic carbocycles. The predicted molar refractivity (Wildman–Crippen MR) is 115 cm³/mol. The van der Waals surface area contributed by atoms with Crippen LogP contribution in [-0.2, 0) is 14.3 Å². The van der Waals surface area contributed by atoms with E-state index >= 15 is 0 Å². The highest BCUT2D eigenvalue weighted by molar-refractivity contribution is 6.32. The van der Waals surface area contributed by atoms with E-state index in [-0.39, 0.29) is 18.2 Å². The van der Waals surface area contributed by atoms with Gasteiger partial charge in [-0.15, -0.1) is 0 Å². The maximum atomic E-state index is 12.6. The molecule has 1 saturated heterocycles. The van der Waals surface area contributed by atoms with Crippen LogP contribution in [0.5, 0.6) is 11.5 Å². The Bertz CT molecular complexity index is 751. The average molecular weight is 439 g/mol. The molecule has 2 aliphatic rings. The van der Waals surface area contributed by atoms with Crippen molar-refractivity contribution in [2.45, 2.75) is 51.0 Å². The van der Waals surface area contributed by atoms with Crippen molar-refractivity contribution < 1.29 is 23.8 Å². The number of nitrogens with zero attached hydrogens (tertiary/aromatic N) is 1. The molecule has 7 nitrogen and oxygen atoms in total. The van der Waals surface area contributed by atoms with Gasteiger partial charge in [0.2, 0.25) is 11.8 Å². The third-order valence-electron chi connectivity index (χ3n) is 5.77. The Hall–Kier alpha value is -1.99. The zero-order valence-electron chi connectivity index (χ0n) is 17.7. The molecule has 30 heavy (non-hydrogen) atoms. The first-order valence-electron chi connectivity index (χ1n) is 10.6. The number of halogens is 1. The molecular formula is C22H31ClN2O5. The Labute approximate surface area is 183 Å². The van der Waals surface area contributed by atoms with Crippen LogP contribution >= 0.6 is 11.6 Å². The molecule has 1 atom stereocenters. The summed E-state index contributed by atoms with van der Waals surface area (Å²) in [6.07, 6.45) is 7.40. The second-order valence-electron chi connectivity index (χ2n) is 7.84. The molecular weight excluding hydrogens is 408 g/mol. The number of amides is 2. The first kappa shape index (κ1) is 22.7. The summed E-state index contributed by atoms with van der Waals surface area (Å²) < 4.78 is 16.5. The summed E-state index contributed by atoms with van der Waals surface area (Å²) in [6.45, 7) is 1.50. The predicted octanol–water partition coefficient (Wildman–Crippen LogP) is 3.57. The molecule has 0 radical (unpaired) electrons. The third-order valence-corrected chi connectivity index (χ3v) is 6.06. The van der Waals surface area contributed by atoms with Gasteiger partial charge in [-0.25, -0.2) is 0 Å². The highest BCUT2D eigenvalue weighted by atomic mass is 35.5. The summed E-state index contributed by atoms with van der Waals surface area (Å²) in [4.78, 5) is 26.7. The van der Waals surface area contributed by atoms with Crippen LogP contribution in [0.25, 0.3) is 0 Å². The molecule has 8 heteroatoms. The van der Waals surface area contributed by atoms with E-state index in [0.717, 1.165) is 19.3 Å². The minimum Gasteiger partial charge on any atom is -0.495 e. The topological polar surface area (TPSA) is 77.1 Å². The number of rotatable bonds is 9. The van der Waals surface area contributed by atoms with Crippen molar-refractivity contribution in [1.82, 2.24) is 5.32 Å². The van der Waals surface area contributed by atoms with Gasteiger partial charge in [0, 0.05) is 32.2 Å². The number of ether oxygens (including phenoxy) is 3. The summed E-state index contributed by atoms with van der Waals surface area (Å²) in [5.41, 5.74) is 0.546. The Balaban J connectivity index is 1.49. The van der Waals surface area contributed by atoms with Crippen LogP contribution < -0.4 is 19.7 Å². The van der Waals surface area contributed by atoms with E-state index in [0.29, 0.717) is 48.0 Å². The number of benzene rings is 1. The molecule has 0 aromatic heterocycles. The number of carbonyl (C=O) groups is 2. The van der Waals surface area contributed by atoms with Crippen LogP contribution in [0.4, 0.5) is 5.69 Å². The second kappa shape index (κ2) is 10.9. The Morgan fingerprint density at radius 3 is 2.60 bits per heavy atom. The maximum absolute atomic E-state index is 12.6. The lowest BCUT2D eigenvalue weighted by molar-refractivity contribution is -0.126. The fraction of sp³-hybridized carbons (Fsp3) is 0.636. The molecule has 1 N–H and O–H groups in total. The van der Waals surface area contributed by atoms with Gasteiger partial charge in [-0.3, -0.25) is 9.59 Å². The molecule has 1 heterocycles. The van der Waals surface area contributed by atoms with Crippen molar-refractivity contribution >= 4 is 29.1 Å². The average Bonchev–Trinajstić information content (AvgIpc) is 3.15. The molecule has 1 aliphatic heterocycles. The Morgan fingerprint density at radius 2 is 1.90 bits per heavy atom. The fourth-order valence-electron chi connectivity index (χ4n) is 4.08. The zero-order valence-corrected chi connectivity index (χ0v) is 18.5. The van der Waals surface area contributed by atoms with E-state index in [1.807, 2.05) is 0 Å². The Kier molecular flexibility index (Phi) is 8.22. The summed E-state index contributed by atoms with van der Waals surface area (Å²) in [6, 6.07) is 3.28. The highest BCUT2D eigenvalue weighted by Crippen LogP contribution is 2.40. The SMILES string of the molecule is COc1cc(OC)c(N2C[C@H](C(=O)NCCCOC3CCCCC3)CC2=O)cc1Cl. The number of nitrogens with one attached hydrogen (secondary N) is 1. The molecule has 1 aromatic carbocycles. The van der Waals surface area contributed by atoms with E-state index in [9.17, 15) is 9.59 Å². The van der Waals surface area contributed by atoms with E-state index in [4.69, 9.17) is 25.8 Å². The van der Waals surface area contributed by atoms with Crippen LogP contribution in [0.15, 0.2) is 12.1 Å². The summed E-state index contributed by atoms with van der Waals surface area (Å²) in [5.74, 6) is 0.305. The van der Waals surface area contributed by atoms with Gasteiger partial charge in [0.15, 0.2) is 0 Å². The molecule has 2 amide bonds. The molecule has 1 saturated carbocycles. The molecule has 3 rings (SSSR count). The van der Waals surface area contributed by atoms with E-state index in [1.54, 1.807) is 17.0 Å². The molecule has 1 aromatic rings. The van der Waals surface area contributed by atoms with Gasteiger partial charge in [0.25, 0.3) is 0 Å². The minimum atomic E-state index is -0.401. The second-order valence-corrected chi connectivity index (χ2v) is 8.25. The summed E-state index contributed by atoms with van der Waals surface area (Å²) in [5, 5.41) is 3.32. The maximum Gasteiger partial charge on any atom is 0.227 e. The monoisotopic (exact) mass is 438 g/mol. The van der Waals surface area contributed by atoms with Gasteiger partial charge in [-0.05, 0) is 25.3 Å². The lowest BCUT2D eigenvalue weighted by atomic mass is 9.98. The quantitative estimate of drug-likeness (QED) is 0.596. The van der Waals surface area contributed by atoms with Crippen molar-refractivity contribution in [2.75, 3.05) is 38.8 Å². The van der Waals surface area contributed by atoms with E-state index in [1.165, 1.54) is 33.5 Å². The first-order valence-corrected chi connectivity index (χ1v) is 11.0. The van der Waals surface area contributed by atoms with Gasteiger partial charge in [-0.1, -0.05) is 30.9 Å². The van der Waals surface area contributed by atoms with Crippen LogP contribution in [-0.4, -0.2) is 51.8 Å². The molecule has 0 spiro atoms. The van der Waals surface area contributed by atoms with Gasteiger partial charge >= 0.3 is 0 Å². The lowest BCUT2D eigenvalue weighted by Crippen LogP contribution is -2.34. The van der Waals surface area contributed by atoms with Crippen LogP contribution in [0.3, 0.4) is 0 Å².